The summed E-state index contributed by atoms with van der Waals surface area (Å²) in [5.74, 6) is 5.70. The predicted octanol–water partition coefficient (Wildman–Crippen LogP) is 1.62. The highest BCUT2D eigenvalue weighted by molar-refractivity contribution is 5.97. The quantitative estimate of drug-likeness (QED) is 0.520. The van der Waals surface area contributed by atoms with Crippen LogP contribution >= 0.6 is 0 Å². The second kappa shape index (κ2) is 6.02. The van der Waals surface area contributed by atoms with Crippen molar-refractivity contribution in [3.05, 3.63) is 11.6 Å². The summed E-state index contributed by atoms with van der Waals surface area (Å²) in [7, 11) is 1.36. The van der Waals surface area contributed by atoms with Crippen molar-refractivity contribution in [3.63, 3.8) is 0 Å². The van der Waals surface area contributed by atoms with Gasteiger partial charge in [0.2, 0.25) is 0 Å². The van der Waals surface area contributed by atoms with Gasteiger partial charge < -0.3 is 4.74 Å². The molecule has 80 valence electrons. The molecule has 15 heavy (non-hydrogen) atoms. The molecule has 0 aromatic rings. The predicted molar refractivity (Wildman–Crippen MR) is 56.0 cm³/mol. The van der Waals surface area contributed by atoms with Crippen molar-refractivity contribution >= 4 is 11.8 Å². The van der Waals surface area contributed by atoms with Crippen LogP contribution in [-0.4, -0.2) is 18.9 Å². The molecule has 0 N–H and O–H groups in total. The zero-order valence-corrected chi connectivity index (χ0v) is 8.84. The van der Waals surface area contributed by atoms with Crippen molar-refractivity contribution in [1.82, 2.24) is 0 Å². The van der Waals surface area contributed by atoms with E-state index < -0.39 is 0 Å². The summed E-state index contributed by atoms with van der Waals surface area (Å²) < 4.78 is 4.48. The number of hydrogen-bond acceptors (Lipinski definition) is 3. The molecule has 1 aliphatic carbocycles. The first-order valence-electron chi connectivity index (χ1n) is 4.99. The van der Waals surface area contributed by atoms with Gasteiger partial charge in [0.05, 0.1) is 13.5 Å². The van der Waals surface area contributed by atoms with Gasteiger partial charge in [-0.1, -0.05) is 12.0 Å². The first kappa shape index (κ1) is 11.5. The standard InChI is InChI=1S/C12H14O3/c1-15-12(14)9-4-2-3-6-10-7-5-8-11(10)13/h7H,4-6,8-9H2,1H3. The maximum Gasteiger partial charge on any atom is 0.306 e. The van der Waals surface area contributed by atoms with E-state index in [0.29, 0.717) is 25.7 Å². The van der Waals surface area contributed by atoms with E-state index in [1.165, 1.54) is 7.11 Å². The summed E-state index contributed by atoms with van der Waals surface area (Å²) in [5, 5.41) is 0. The van der Waals surface area contributed by atoms with Gasteiger partial charge in [-0.2, -0.15) is 0 Å². The minimum Gasteiger partial charge on any atom is -0.469 e. The monoisotopic (exact) mass is 206 g/mol. The average Bonchev–Trinajstić information content (AvgIpc) is 2.63. The average molecular weight is 206 g/mol. The zero-order chi connectivity index (χ0) is 11.1. The van der Waals surface area contributed by atoms with Crippen molar-refractivity contribution in [2.75, 3.05) is 7.11 Å². The van der Waals surface area contributed by atoms with Crippen molar-refractivity contribution in [1.29, 1.82) is 0 Å². The molecule has 0 atom stereocenters. The number of carbonyl (C=O) groups is 2. The lowest BCUT2D eigenvalue weighted by atomic mass is 10.1. The Kier molecular flexibility index (Phi) is 4.62. The molecule has 3 heteroatoms. The van der Waals surface area contributed by atoms with Gasteiger partial charge in [0.1, 0.15) is 0 Å². The number of methoxy groups -OCH3 is 1. The molecule has 3 nitrogen and oxygen atoms in total. The highest BCUT2D eigenvalue weighted by atomic mass is 16.5. The lowest BCUT2D eigenvalue weighted by Gasteiger charge is -1.93. The number of ether oxygens (including phenoxy) is 1. The number of Topliss-reactive ketones (excluding diaryl/α,β-unsaturated/α-hetero) is 1. The molecular weight excluding hydrogens is 192 g/mol. The highest BCUT2D eigenvalue weighted by Crippen LogP contribution is 2.15. The van der Waals surface area contributed by atoms with Crippen LogP contribution in [0.25, 0.3) is 0 Å². The second-order valence-corrected chi connectivity index (χ2v) is 3.30. The summed E-state index contributed by atoms with van der Waals surface area (Å²) in [6.45, 7) is 0. The van der Waals surface area contributed by atoms with Crippen LogP contribution in [0.5, 0.6) is 0 Å². The van der Waals surface area contributed by atoms with Gasteiger partial charge in [-0.25, -0.2) is 0 Å². The molecule has 0 bridgehead atoms. The van der Waals surface area contributed by atoms with Gasteiger partial charge in [-0.05, 0) is 6.42 Å². The Labute approximate surface area is 89.5 Å². The SMILES string of the molecule is COC(=O)CCC#CCC1=CCCC1=O. The molecule has 0 amide bonds. The van der Waals surface area contributed by atoms with Crippen molar-refractivity contribution in [3.8, 4) is 11.8 Å². The smallest absolute Gasteiger partial charge is 0.306 e. The molecule has 1 aliphatic rings. The van der Waals surface area contributed by atoms with E-state index in [-0.39, 0.29) is 11.8 Å². The summed E-state index contributed by atoms with van der Waals surface area (Å²) in [4.78, 5) is 21.9. The van der Waals surface area contributed by atoms with Crippen LogP contribution in [0.2, 0.25) is 0 Å². The van der Waals surface area contributed by atoms with Crippen LogP contribution < -0.4 is 0 Å². The van der Waals surface area contributed by atoms with Crippen LogP contribution in [0, 0.1) is 11.8 Å². The molecule has 1 rings (SSSR count). The Hall–Kier alpha value is -1.56. The zero-order valence-electron chi connectivity index (χ0n) is 8.84. The largest absolute Gasteiger partial charge is 0.469 e. The van der Waals surface area contributed by atoms with Crippen molar-refractivity contribution < 1.29 is 14.3 Å². The number of rotatable bonds is 3. The number of hydrogen-bond donors (Lipinski definition) is 0. The Bertz CT molecular complexity index is 342. The van der Waals surface area contributed by atoms with E-state index in [9.17, 15) is 9.59 Å². The Morgan fingerprint density at radius 3 is 2.93 bits per heavy atom. The molecule has 0 aromatic heterocycles. The van der Waals surface area contributed by atoms with Crippen LogP contribution in [0.15, 0.2) is 11.6 Å². The first-order chi connectivity index (χ1) is 7.24. The van der Waals surface area contributed by atoms with E-state index in [2.05, 4.69) is 16.6 Å². The van der Waals surface area contributed by atoms with Gasteiger partial charge in [0, 0.05) is 24.8 Å². The van der Waals surface area contributed by atoms with Crippen LogP contribution in [-0.2, 0) is 14.3 Å². The molecule has 0 fully saturated rings. The van der Waals surface area contributed by atoms with Crippen molar-refractivity contribution in [2.45, 2.75) is 32.1 Å². The topological polar surface area (TPSA) is 43.4 Å². The fourth-order valence-electron chi connectivity index (χ4n) is 1.34. The van der Waals surface area contributed by atoms with Gasteiger partial charge in [0.15, 0.2) is 5.78 Å². The summed E-state index contributed by atoms with van der Waals surface area (Å²) >= 11 is 0. The third kappa shape index (κ3) is 3.99. The number of ketones is 1. The van der Waals surface area contributed by atoms with E-state index in [1.807, 2.05) is 6.08 Å². The van der Waals surface area contributed by atoms with E-state index in [1.54, 1.807) is 0 Å². The van der Waals surface area contributed by atoms with Crippen molar-refractivity contribution in [2.24, 2.45) is 0 Å². The van der Waals surface area contributed by atoms with E-state index in [0.717, 1.165) is 12.0 Å². The van der Waals surface area contributed by atoms with Gasteiger partial charge in [-0.15, -0.1) is 5.92 Å². The third-order valence-electron chi connectivity index (χ3n) is 2.21. The Morgan fingerprint density at radius 1 is 1.53 bits per heavy atom. The lowest BCUT2D eigenvalue weighted by Crippen LogP contribution is -1.98. The summed E-state index contributed by atoms with van der Waals surface area (Å²) in [5.41, 5.74) is 0.820. The summed E-state index contributed by atoms with van der Waals surface area (Å²) in [6, 6.07) is 0. The molecule has 0 spiro atoms. The Morgan fingerprint density at radius 2 is 2.33 bits per heavy atom. The number of allylic oxidation sites excluding steroid dienone is 2. The Balaban J connectivity index is 2.22. The molecule has 0 saturated carbocycles. The van der Waals surface area contributed by atoms with E-state index in [4.69, 9.17) is 0 Å². The summed E-state index contributed by atoms with van der Waals surface area (Å²) in [6.07, 6.45) is 4.74. The number of esters is 1. The molecular formula is C12H14O3. The first-order valence-corrected chi connectivity index (χ1v) is 4.99. The maximum absolute atomic E-state index is 11.2. The molecule has 0 aromatic carbocycles. The molecule has 0 unspecified atom stereocenters. The normalized spacial score (nSPS) is 14.2. The second-order valence-electron chi connectivity index (χ2n) is 3.30. The molecule has 0 aliphatic heterocycles. The van der Waals surface area contributed by atoms with Gasteiger partial charge in [0.25, 0.3) is 0 Å². The molecule has 0 saturated heterocycles. The minimum atomic E-state index is -0.250. The third-order valence-corrected chi connectivity index (χ3v) is 2.21. The van der Waals surface area contributed by atoms with E-state index >= 15 is 0 Å². The van der Waals surface area contributed by atoms with Crippen LogP contribution in [0.1, 0.15) is 32.1 Å². The van der Waals surface area contributed by atoms with Gasteiger partial charge >= 0.3 is 5.97 Å². The highest BCUT2D eigenvalue weighted by Gasteiger charge is 2.12. The van der Waals surface area contributed by atoms with Crippen LogP contribution in [0.4, 0.5) is 0 Å². The minimum absolute atomic E-state index is 0.206. The van der Waals surface area contributed by atoms with Gasteiger partial charge in [-0.3, -0.25) is 9.59 Å². The lowest BCUT2D eigenvalue weighted by molar-refractivity contribution is -0.140. The fourth-order valence-corrected chi connectivity index (χ4v) is 1.34. The molecule has 0 radical (unpaired) electrons. The van der Waals surface area contributed by atoms with Crippen LogP contribution in [0.3, 0.4) is 0 Å². The number of carbonyl (C=O) groups excluding carboxylic acids is 2. The fraction of sp³-hybridized carbons (Fsp3) is 0.500. The molecule has 0 heterocycles. The maximum atomic E-state index is 11.2.